The van der Waals surface area contributed by atoms with Crippen LogP contribution in [-0.4, -0.2) is 15.6 Å². The highest BCUT2D eigenvalue weighted by Gasteiger charge is 2.07. The molecule has 0 aliphatic carbocycles. The number of pyridine rings is 1. The van der Waals surface area contributed by atoms with Gasteiger partial charge in [0, 0.05) is 31.4 Å². The van der Waals surface area contributed by atoms with Gasteiger partial charge in [-0.15, -0.1) is 0 Å². The van der Waals surface area contributed by atoms with E-state index in [0.717, 1.165) is 12.8 Å². The van der Waals surface area contributed by atoms with E-state index in [2.05, 4.69) is 0 Å². The number of hydrogen-bond acceptors (Lipinski definition) is 3. The smallest absolute Gasteiger partial charge is 0.341 e. The third kappa shape index (κ3) is 3.24. The Kier molecular flexibility index (Phi) is 4.28. The molecule has 1 heterocycles. The van der Waals surface area contributed by atoms with Crippen molar-refractivity contribution in [1.29, 1.82) is 5.26 Å². The SMILES string of the molecule is N#CCCCCn1ccc(=O)c(C(=O)O)c1. The molecule has 5 nitrogen and oxygen atoms in total. The summed E-state index contributed by atoms with van der Waals surface area (Å²) >= 11 is 0. The van der Waals surface area contributed by atoms with Gasteiger partial charge in [-0.05, 0) is 12.8 Å². The molecule has 0 amide bonds. The quantitative estimate of drug-likeness (QED) is 0.757. The molecule has 0 aliphatic heterocycles. The zero-order chi connectivity index (χ0) is 12.0. The number of carboxylic acid groups (broad SMARTS) is 1. The van der Waals surface area contributed by atoms with Gasteiger partial charge >= 0.3 is 5.97 Å². The van der Waals surface area contributed by atoms with E-state index >= 15 is 0 Å². The van der Waals surface area contributed by atoms with Crippen molar-refractivity contribution in [3.63, 3.8) is 0 Å². The molecule has 0 fully saturated rings. The lowest BCUT2D eigenvalue weighted by atomic mass is 10.2. The van der Waals surface area contributed by atoms with Gasteiger partial charge in [0.05, 0.1) is 6.07 Å². The van der Waals surface area contributed by atoms with Gasteiger partial charge in [0.1, 0.15) is 5.56 Å². The third-order valence-electron chi connectivity index (χ3n) is 2.16. The van der Waals surface area contributed by atoms with E-state index in [1.807, 2.05) is 6.07 Å². The number of nitrogens with zero attached hydrogens (tertiary/aromatic N) is 2. The van der Waals surface area contributed by atoms with Crippen LogP contribution in [0.5, 0.6) is 0 Å². The molecule has 0 saturated heterocycles. The Morgan fingerprint density at radius 3 is 2.88 bits per heavy atom. The Bertz CT molecular complexity index is 471. The van der Waals surface area contributed by atoms with Gasteiger partial charge in [0.25, 0.3) is 0 Å². The highest BCUT2D eigenvalue weighted by atomic mass is 16.4. The Labute approximate surface area is 92.6 Å². The summed E-state index contributed by atoms with van der Waals surface area (Å²) in [4.78, 5) is 21.8. The lowest BCUT2D eigenvalue weighted by Gasteiger charge is -2.05. The van der Waals surface area contributed by atoms with Gasteiger partial charge in [-0.25, -0.2) is 4.79 Å². The molecule has 16 heavy (non-hydrogen) atoms. The summed E-state index contributed by atoms with van der Waals surface area (Å²) in [5.74, 6) is -1.21. The summed E-state index contributed by atoms with van der Waals surface area (Å²) in [7, 11) is 0. The molecule has 0 spiro atoms. The van der Waals surface area contributed by atoms with Crippen LogP contribution < -0.4 is 5.43 Å². The molecule has 5 heteroatoms. The maximum Gasteiger partial charge on any atom is 0.341 e. The van der Waals surface area contributed by atoms with E-state index in [1.54, 1.807) is 10.8 Å². The molecule has 0 saturated carbocycles. The van der Waals surface area contributed by atoms with Crippen LogP contribution >= 0.6 is 0 Å². The van der Waals surface area contributed by atoms with E-state index in [0.29, 0.717) is 13.0 Å². The molecule has 0 radical (unpaired) electrons. The van der Waals surface area contributed by atoms with Crippen LogP contribution in [0.1, 0.15) is 29.6 Å². The molecule has 1 N–H and O–H groups in total. The van der Waals surface area contributed by atoms with E-state index < -0.39 is 11.4 Å². The predicted molar refractivity (Wildman–Crippen MR) is 57.1 cm³/mol. The van der Waals surface area contributed by atoms with Crippen molar-refractivity contribution >= 4 is 5.97 Å². The van der Waals surface area contributed by atoms with Crippen molar-refractivity contribution in [3.8, 4) is 6.07 Å². The summed E-state index contributed by atoms with van der Waals surface area (Å²) in [6, 6.07) is 3.28. The number of aromatic nitrogens is 1. The number of carboxylic acids is 1. The lowest BCUT2D eigenvalue weighted by Crippen LogP contribution is -2.16. The maximum atomic E-state index is 11.2. The van der Waals surface area contributed by atoms with Gasteiger partial charge in [-0.1, -0.05) is 0 Å². The molecule has 1 aromatic rings. The molecule has 1 rings (SSSR count). The number of unbranched alkanes of at least 4 members (excludes halogenated alkanes) is 2. The summed E-state index contributed by atoms with van der Waals surface area (Å²) in [5.41, 5.74) is -0.705. The van der Waals surface area contributed by atoms with Crippen molar-refractivity contribution in [3.05, 3.63) is 34.2 Å². The van der Waals surface area contributed by atoms with E-state index in [1.165, 1.54) is 12.3 Å². The first kappa shape index (κ1) is 12.0. The molecule has 0 aromatic carbocycles. The Morgan fingerprint density at radius 1 is 1.50 bits per heavy atom. The third-order valence-corrected chi connectivity index (χ3v) is 2.16. The number of aromatic carboxylic acids is 1. The highest BCUT2D eigenvalue weighted by Crippen LogP contribution is 1.99. The zero-order valence-electron chi connectivity index (χ0n) is 8.72. The van der Waals surface area contributed by atoms with Crippen LogP contribution in [0.25, 0.3) is 0 Å². The molecule has 0 aliphatic rings. The minimum Gasteiger partial charge on any atom is -0.477 e. The number of aryl methyl sites for hydroxylation is 1. The van der Waals surface area contributed by atoms with Crippen molar-refractivity contribution < 1.29 is 9.90 Å². The first-order chi connectivity index (χ1) is 7.65. The fourth-order valence-electron chi connectivity index (χ4n) is 1.32. The van der Waals surface area contributed by atoms with Crippen LogP contribution in [0.2, 0.25) is 0 Å². The van der Waals surface area contributed by atoms with Crippen LogP contribution in [0.3, 0.4) is 0 Å². The van der Waals surface area contributed by atoms with Crippen LogP contribution in [0.4, 0.5) is 0 Å². The lowest BCUT2D eigenvalue weighted by molar-refractivity contribution is 0.0694. The second-order valence-corrected chi connectivity index (χ2v) is 3.38. The largest absolute Gasteiger partial charge is 0.477 e. The standard InChI is InChI=1S/C11H12N2O3/c12-5-2-1-3-6-13-7-4-10(14)9(8-13)11(15)16/h4,7-8H,1-3,6H2,(H,15,16). The number of carbonyl (C=O) groups is 1. The fraction of sp³-hybridized carbons (Fsp3) is 0.364. The summed E-state index contributed by atoms with van der Waals surface area (Å²) in [6.45, 7) is 0.613. The van der Waals surface area contributed by atoms with Crippen molar-refractivity contribution in [1.82, 2.24) is 4.57 Å². The van der Waals surface area contributed by atoms with Crippen LogP contribution in [0.15, 0.2) is 23.3 Å². The first-order valence-corrected chi connectivity index (χ1v) is 4.95. The molecule has 0 bridgehead atoms. The second kappa shape index (κ2) is 5.71. The number of rotatable bonds is 5. The van der Waals surface area contributed by atoms with Crippen LogP contribution in [0, 0.1) is 11.3 Å². The normalized spacial score (nSPS) is 9.69. The van der Waals surface area contributed by atoms with Crippen molar-refractivity contribution in [2.24, 2.45) is 0 Å². The molecule has 0 unspecified atom stereocenters. The topological polar surface area (TPSA) is 83.1 Å². The average Bonchev–Trinajstić information content (AvgIpc) is 2.26. The zero-order valence-corrected chi connectivity index (χ0v) is 8.72. The monoisotopic (exact) mass is 220 g/mol. The van der Waals surface area contributed by atoms with Gasteiger partial charge < -0.3 is 9.67 Å². The molecular formula is C11H12N2O3. The van der Waals surface area contributed by atoms with Gasteiger partial charge in [0.2, 0.25) is 0 Å². The van der Waals surface area contributed by atoms with E-state index in [4.69, 9.17) is 10.4 Å². The van der Waals surface area contributed by atoms with Gasteiger partial charge in [-0.2, -0.15) is 5.26 Å². The summed E-state index contributed by atoms with van der Waals surface area (Å²) < 4.78 is 1.65. The Morgan fingerprint density at radius 2 is 2.25 bits per heavy atom. The Hall–Kier alpha value is -2.09. The molecule has 84 valence electrons. The van der Waals surface area contributed by atoms with Crippen molar-refractivity contribution in [2.45, 2.75) is 25.8 Å². The molecule has 1 aromatic heterocycles. The minimum atomic E-state index is -1.21. The minimum absolute atomic E-state index is 0.220. The average molecular weight is 220 g/mol. The first-order valence-electron chi connectivity index (χ1n) is 4.95. The highest BCUT2D eigenvalue weighted by molar-refractivity contribution is 5.86. The fourth-order valence-corrected chi connectivity index (χ4v) is 1.32. The molecule has 0 atom stereocenters. The summed E-state index contributed by atoms with van der Waals surface area (Å²) in [6.07, 6.45) is 4.94. The van der Waals surface area contributed by atoms with E-state index in [-0.39, 0.29) is 5.56 Å². The number of nitriles is 1. The van der Waals surface area contributed by atoms with Crippen molar-refractivity contribution in [2.75, 3.05) is 0 Å². The summed E-state index contributed by atoms with van der Waals surface area (Å²) in [5, 5.41) is 17.1. The van der Waals surface area contributed by atoms with Gasteiger partial charge in [0.15, 0.2) is 5.43 Å². The van der Waals surface area contributed by atoms with Gasteiger partial charge in [-0.3, -0.25) is 4.79 Å². The Balaban J connectivity index is 2.69. The predicted octanol–water partition coefficient (Wildman–Crippen LogP) is 1.24. The second-order valence-electron chi connectivity index (χ2n) is 3.38. The van der Waals surface area contributed by atoms with E-state index in [9.17, 15) is 9.59 Å². The molecular weight excluding hydrogens is 208 g/mol. The maximum absolute atomic E-state index is 11.2. The van der Waals surface area contributed by atoms with Crippen LogP contribution in [-0.2, 0) is 6.54 Å². The number of hydrogen-bond donors (Lipinski definition) is 1.